The molecule has 2 aliphatic rings. The van der Waals surface area contributed by atoms with Crippen LogP contribution in [0.1, 0.15) is 78.3 Å². The summed E-state index contributed by atoms with van der Waals surface area (Å²) in [5.74, 6) is 0.519. The van der Waals surface area contributed by atoms with E-state index in [2.05, 4.69) is 9.97 Å². The molecule has 0 radical (unpaired) electrons. The third-order valence-electron chi connectivity index (χ3n) is 6.46. The number of aromatic nitrogens is 3. The molecule has 2 atom stereocenters. The number of nitrogens with zero attached hydrogens (tertiary/aromatic N) is 5. The van der Waals surface area contributed by atoms with Gasteiger partial charge in [0.2, 0.25) is 0 Å². The predicted molar refractivity (Wildman–Crippen MR) is 119 cm³/mol. The predicted octanol–water partition coefficient (Wildman–Crippen LogP) is 5.32. The number of piperazine rings is 1. The quantitative estimate of drug-likeness (QED) is 0.635. The van der Waals surface area contributed by atoms with E-state index in [0.29, 0.717) is 29.9 Å². The Kier molecular flexibility index (Phi) is 6.02. The van der Waals surface area contributed by atoms with Gasteiger partial charge in [0, 0.05) is 43.0 Å². The first-order chi connectivity index (χ1) is 15.1. The molecule has 1 saturated carbocycles. The van der Waals surface area contributed by atoms with Crippen LogP contribution in [0.4, 0.5) is 19.4 Å². The molecule has 0 bridgehead atoms. The van der Waals surface area contributed by atoms with Crippen molar-refractivity contribution in [1.82, 2.24) is 19.4 Å². The second-order valence-electron chi connectivity index (χ2n) is 10.1. The average molecular weight is 450 g/mol. The van der Waals surface area contributed by atoms with E-state index in [0.717, 1.165) is 25.7 Å². The van der Waals surface area contributed by atoms with Crippen LogP contribution in [0.25, 0.3) is 11.0 Å². The van der Waals surface area contributed by atoms with E-state index in [-0.39, 0.29) is 29.8 Å². The number of hydrogen-bond donors (Lipinski definition) is 0. The Morgan fingerprint density at radius 3 is 2.44 bits per heavy atom. The van der Waals surface area contributed by atoms with Crippen LogP contribution in [0.5, 0.6) is 0 Å². The van der Waals surface area contributed by atoms with E-state index in [9.17, 15) is 13.6 Å². The van der Waals surface area contributed by atoms with E-state index in [4.69, 9.17) is 4.74 Å². The van der Waals surface area contributed by atoms with Crippen molar-refractivity contribution in [3.63, 3.8) is 0 Å². The second-order valence-corrected chi connectivity index (χ2v) is 10.1. The molecule has 2 aromatic rings. The highest BCUT2D eigenvalue weighted by Gasteiger charge is 2.37. The fourth-order valence-electron chi connectivity index (χ4n) is 4.94. The number of hydrogen-bond acceptors (Lipinski definition) is 5. The molecule has 32 heavy (non-hydrogen) atoms. The van der Waals surface area contributed by atoms with Crippen molar-refractivity contribution < 1.29 is 18.3 Å². The normalized spacial score (nSPS) is 22.9. The van der Waals surface area contributed by atoms with Crippen LogP contribution in [-0.4, -0.2) is 56.3 Å². The lowest BCUT2D eigenvalue weighted by molar-refractivity contribution is 0.0130. The molecular weight excluding hydrogens is 416 g/mol. The molecule has 4 rings (SSSR count). The van der Waals surface area contributed by atoms with E-state index >= 15 is 0 Å². The topological polar surface area (TPSA) is 63.5 Å². The van der Waals surface area contributed by atoms with Crippen LogP contribution in [0.3, 0.4) is 0 Å². The van der Waals surface area contributed by atoms with Crippen molar-refractivity contribution in [3.05, 3.63) is 18.1 Å². The van der Waals surface area contributed by atoms with Crippen LogP contribution < -0.4 is 4.90 Å². The minimum absolute atomic E-state index is 0.0167. The third-order valence-corrected chi connectivity index (χ3v) is 6.46. The van der Waals surface area contributed by atoms with Crippen LogP contribution in [0.15, 0.2) is 12.5 Å². The molecule has 176 valence electrons. The molecule has 2 aromatic heterocycles. The highest BCUT2D eigenvalue weighted by Crippen LogP contribution is 2.40. The van der Waals surface area contributed by atoms with Gasteiger partial charge in [-0.25, -0.2) is 23.5 Å². The molecule has 0 unspecified atom stereocenters. The van der Waals surface area contributed by atoms with Crippen molar-refractivity contribution >= 4 is 22.9 Å². The zero-order valence-electron chi connectivity index (χ0n) is 19.5. The molecule has 2 fully saturated rings. The van der Waals surface area contributed by atoms with E-state index < -0.39 is 12.0 Å². The monoisotopic (exact) mass is 449 g/mol. The maximum atomic E-state index is 14.1. The zero-order valence-corrected chi connectivity index (χ0v) is 19.5. The van der Waals surface area contributed by atoms with Gasteiger partial charge in [0.25, 0.3) is 6.43 Å². The number of halogens is 2. The van der Waals surface area contributed by atoms with Gasteiger partial charge in [-0.3, -0.25) is 0 Å². The molecule has 0 N–H and O–H groups in total. The summed E-state index contributed by atoms with van der Waals surface area (Å²) in [5.41, 5.74) is -0.0192. The molecule has 9 heteroatoms. The van der Waals surface area contributed by atoms with Crippen LogP contribution in [0.2, 0.25) is 0 Å². The van der Waals surface area contributed by atoms with Crippen molar-refractivity contribution in [3.8, 4) is 0 Å². The summed E-state index contributed by atoms with van der Waals surface area (Å²) in [5, 5.41) is 0.430. The van der Waals surface area contributed by atoms with Crippen LogP contribution >= 0.6 is 0 Å². The minimum atomic E-state index is -2.61. The Morgan fingerprint density at radius 1 is 1.12 bits per heavy atom. The van der Waals surface area contributed by atoms with Crippen molar-refractivity contribution in [2.75, 3.05) is 18.0 Å². The largest absolute Gasteiger partial charge is 0.444 e. The Hall–Kier alpha value is -2.45. The van der Waals surface area contributed by atoms with Gasteiger partial charge in [-0.1, -0.05) is 12.8 Å². The molecule has 3 heterocycles. The number of rotatable bonds is 3. The SMILES string of the molecule is C[C@@H]1CN(c2ncnc3c2c(C(F)F)cn3C2CCCC2)[C@@H](C)CN1C(=O)OC(C)(C)C. The van der Waals surface area contributed by atoms with E-state index in [1.165, 1.54) is 6.33 Å². The first kappa shape index (κ1) is 22.7. The first-order valence-electron chi connectivity index (χ1n) is 11.5. The lowest BCUT2D eigenvalue weighted by Gasteiger charge is -2.44. The average Bonchev–Trinajstić information content (AvgIpc) is 3.35. The fraction of sp³-hybridized carbons (Fsp3) is 0.696. The molecule has 0 spiro atoms. The Morgan fingerprint density at radius 2 is 1.81 bits per heavy atom. The summed E-state index contributed by atoms with van der Waals surface area (Å²) in [4.78, 5) is 25.3. The highest BCUT2D eigenvalue weighted by atomic mass is 19.3. The molecule has 1 aliphatic carbocycles. The molecule has 7 nitrogen and oxygen atoms in total. The summed E-state index contributed by atoms with van der Waals surface area (Å²) in [6.07, 6.45) is 4.25. The van der Waals surface area contributed by atoms with Gasteiger partial charge in [-0.2, -0.15) is 0 Å². The number of anilines is 1. The van der Waals surface area contributed by atoms with E-state index in [1.807, 2.05) is 44.1 Å². The van der Waals surface area contributed by atoms with Gasteiger partial charge in [0.1, 0.15) is 23.4 Å². The molecule has 1 amide bonds. The van der Waals surface area contributed by atoms with Gasteiger partial charge in [-0.05, 0) is 47.5 Å². The Labute approximate surface area is 187 Å². The Bertz CT molecular complexity index is 981. The number of amides is 1. The molecule has 0 aromatic carbocycles. The number of carbonyl (C=O) groups is 1. The van der Waals surface area contributed by atoms with Crippen molar-refractivity contribution in [1.29, 1.82) is 0 Å². The summed E-state index contributed by atoms with van der Waals surface area (Å²) in [6.45, 7) is 10.3. The zero-order chi connectivity index (χ0) is 23.2. The molecular formula is C23H33F2N5O2. The fourth-order valence-corrected chi connectivity index (χ4v) is 4.94. The van der Waals surface area contributed by atoms with Crippen molar-refractivity contribution in [2.45, 2.75) is 90.5 Å². The van der Waals surface area contributed by atoms with Gasteiger partial charge in [-0.15, -0.1) is 0 Å². The second kappa shape index (κ2) is 8.48. The Balaban J connectivity index is 1.69. The molecule has 1 aliphatic heterocycles. The van der Waals surface area contributed by atoms with Crippen LogP contribution in [0, 0.1) is 0 Å². The van der Waals surface area contributed by atoms with Crippen molar-refractivity contribution in [2.24, 2.45) is 0 Å². The maximum absolute atomic E-state index is 14.1. The third kappa shape index (κ3) is 4.26. The smallest absolute Gasteiger partial charge is 0.410 e. The first-order valence-corrected chi connectivity index (χ1v) is 11.5. The summed E-state index contributed by atoms with van der Waals surface area (Å²) in [7, 11) is 0. The lowest BCUT2D eigenvalue weighted by Crippen LogP contribution is -2.59. The minimum Gasteiger partial charge on any atom is -0.444 e. The summed E-state index contributed by atoms with van der Waals surface area (Å²) < 4.78 is 35.7. The van der Waals surface area contributed by atoms with Gasteiger partial charge in [0.05, 0.1) is 5.39 Å². The van der Waals surface area contributed by atoms with E-state index in [1.54, 1.807) is 11.1 Å². The summed E-state index contributed by atoms with van der Waals surface area (Å²) in [6, 6.07) is -0.0664. The van der Waals surface area contributed by atoms with Gasteiger partial charge < -0.3 is 19.1 Å². The number of alkyl halides is 2. The number of ether oxygens (including phenoxy) is 1. The van der Waals surface area contributed by atoms with Gasteiger partial charge >= 0.3 is 6.09 Å². The standard InChI is InChI=1S/C23H33F2N5O2/c1-14-11-29(22(31)32-23(3,4)5)15(2)10-28(14)20-18-17(19(24)25)12-30(16-8-6-7-9-16)21(18)27-13-26-20/h12-16,19H,6-11H2,1-5H3/t14-,15+/m0/s1. The van der Waals surface area contributed by atoms with Gasteiger partial charge in [0.15, 0.2) is 0 Å². The number of fused-ring (bicyclic) bond motifs is 1. The highest BCUT2D eigenvalue weighted by molar-refractivity contribution is 5.92. The summed E-state index contributed by atoms with van der Waals surface area (Å²) >= 11 is 0. The maximum Gasteiger partial charge on any atom is 0.410 e. The lowest BCUT2D eigenvalue weighted by atomic mass is 10.1. The number of carbonyl (C=O) groups excluding carboxylic acids is 1. The van der Waals surface area contributed by atoms with Crippen LogP contribution in [-0.2, 0) is 4.74 Å². The molecule has 1 saturated heterocycles.